The Morgan fingerprint density at radius 2 is 1.79 bits per heavy atom. The van der Waals surface area contributed by atoms with Gasteiger partial charge in [0.1, 0.15) is 23.2 Å². The van der Waals surface area contributed by atoms with Gasteiger partial charge >= 0.3 is 0 Å². The Morgan fingerprint density at radius 3 is 2.38 bits per heavy atom. The monoisotopic (exact) mass is 352 g/mol. The lowest BCUT2D eigenvalue weighted by atomic mass is 10.3. The first-order valence-corrected chi connectivity index (χ1v) is 8.85. The van der Waals surface area contributed by atoms with Gasteiger partial charge in [0.05, 0.1) is 0 Å². The zero-order valence-corrected chi connectivity index (χ0v) is 14.1. The third kappa shape index (κ3) is 3.17. The van der Waals surface area contributed by atoms with E-state index < -0.39 is 6.43 Å². The maximum atomic E-state index is 13.1. The van der Waals surface area contributed by atoms with Crippen molar-refractivity contribution in [1.82, 2.24) is 19.3 Å². The van der Waals surface area contributed by atoms with Gasteiger partial charge in [-0.1, -0.05) is 0 Å². The van der Waals surface area contributed by atoms with Crippen molar-refractivity contribution >= 4 is 22.5 Å². The van der Waals surface area contributed by atoms with Gasteiger partial charge in [-0.05, 0) is 19.8 Å². The van der Waals surface area contributed by atoms with E-state index in [1.165, 1.54) is 17.6 Å². The smallest absolute Gasteiger partial charge is 0.280 e. The Labute approximate surface area is 142 Å². The Morgan fingerprint density at radius 1 is 1.08 bits per heavy atom. The lowest BCUT2D eigenvalue weighted by Crippen LogP contribution is -2.47. The van der Waals surface area contributed by atoms with Crippen molar-refractivity contribution in [2.75, 3.05) is 36.0 Å². The highest BCUT2D eigenvalue weighted by atomic mass is 32.1. The highest BCUT2D eigenvalue weighted by molar-refractivity contribution is 7.09. The third-order valence-corrected chi connectivity index (χ3v) is 5.18. The highest BCUT2D eigenvalue weighted by Crippen LogP contribution is 2.39. The summed E-state index contributed by atoms with van der Waals surface area (Å²) in [6, 6.07) is 1.43. The predicted octanol–water partition coefficient (Wildman–Crippen LogP) is 2.78. The molecule has 0 radical (unpaired) electrons. The summed E-state index contributed by atoms with van der Waals surface area (Å²) >= 11 is 1.40. The van der Waals surface area contributed by atoms with Gasteiger partial charge in [-0.2, -0.15) is 4.37 Å². The van der Waals surface area contributed by atoms with E-state index in [-0.39, 0.29) is 11.6 Å². The average Bonchev–Trinajstić information content (AvgIpc) is 3.36. The number of hydrogen-bond acceptors (Lipinski definition) is 7. The lowest BCUT2D eigenvalue weighted by Gasteiger charge is -2.35. The van der Waals surface area contributed by atoms with Crippen LogP contribution in [0.25, 0.3) is 0 Å². The predicted molar refractivity (Wildman–Crippen MR) is 88.0 cm³/mol. The van der Waals surface area contributed by atoms with E-state index in [0.29, 0.717) is 11.6 Å². The maximum Gasteiger partial charge on any atom is 0.280 e. The van der Waals surface area contributed by atoms with Crippen LogP contribution in [-0.2, 0) is 0 Å². The molecule has 1 saturated carbocycles. The van der Waals surface area contributed by atoms with Gasteiger partial charge in [0.25, 0.3) is 6.43 Å². The largest absolute Gasteiger partial charge is 0.353 e. The number of anilines is 2. The molecule has 128 valence electrons. The van der Waals surface area contributed by atoms with Crippen LogP contribution in [0.3, 0.4) is 0 Å². The first-order chi connectivity index (χ1) is 11.6. The van der Waals surface area contributed by atoms with Crippen molar-refractivity contribution in [3.05, 3.63) is 23.4 Å². The Kier molecular flexibility index (Phi) is 4.03. The van der Waals surface area contributed by atoms with E-state index in [1.54, 1.807) is 0 Å². The van der Waals surface area contributed by atoms with Gasteiger partial charge in [0, 0.05) is 49.7 Å². The van der Waals surface area contributed by atoms with Crippen molar-refractivity contribution in [1.29, 1.82) is 0 Å². The molecule has 4 rings (SSSR count). The van der Waals surface area contributed by atoms with Crippen LogP contribution in [0.1, 0.15) is 42.5 Å². The maximum absolute atomic E-state index is 13.1. The first-order valence-electron chi connectivity index (χ1n) is 8.07. The van der Waals surface area contributed by atoms with E-state index >= 15 is 0 Å². The molecule has 0 aromatic carbocycles. The summed E-state index contributed by atoms with van der Waals surface area (Å²) in [7, 11) is 0. The van der Waals surface area contributed by atoms with Gasteiger partial charge < -0.3 is 9.80 Å². The standard InChI is InChI=1S/C15H18F2N6S/c1-9-18-15(24-21-9)23-6-4-22(5-7-23)12-8-11(13(16)17)19-14(20-12)10-2-3-10/h8,10,13H,2-7H2,1H3. The Bertz CT molecular complexity index is 704. The molecule has 0 atom stereocenters. The number of nitrogens with zero attached hydrogens (tertiary/aromatic N) is 6. The quantitative estimate of drug-likeness (QED) is 0.843. The van der Waals surface area contributed by atoms with Crippen LogP contribution in [-0.4, -0.2) is 45.5 Å². The number of aromatic nitrogens is 4. The van der Waals surface area contributed by atoms with Crippen molar-refractivity contribution in [3.63, 3.8) is 0 Å². The fourth-order valence-corrected chi connectivity index (χ4v) is 3.54. The minimum absolute atomic E-state index is 0.163. The number of alkyl halides is 2. The van der Waals surface area contributed by atoms with Crippen LogP contribution >= 0.6 is 11.5 Å². The number of halogens is 2. The summed E-state index contributed by atoms with van der Waals surface area (Å²) in [6.45, 7) is 4.89. The van der Waals surface area contributed by atoms with Gasteiger partial charge in [-0.3, -0.25) is 0 Å². The van der Waals surface area contributed by atoms with E-state index in [4.69, 9.17) is 0 Å². The van der Waals surface area contributed by atoms with Crippen molar-refractivity contribution < 1.29 is 8.78 Å². The molecular weight excluding hydrogens is 334 g/mol. The molecule has 2 aliphatic rings. The number of rotatable bonds is 4. The second-order valence-electron chi connectivity index (χ2n) is 6.18. The molecule has 0 unspecified atom stereocenters. The second-order valence-corrected chi connectivity index (χ2v) is 6.91. The average molecular weight is 352 g/mol. The summed E-state index contributed by atoms with van der Waals surface area (Å²) in [5.74, 6) is 2.23. The number of hydrogen-bond donors (Lipinski definition) is 0. The summed E-state index contributed by atoms with van der Waals surface area (Å²) < 4.78 is 30.5. The SMILES string of the molecule is Cc1nsc(N2CCN(c3cc(C(F)F)nc(C4CC4)n3)CC2)n1. The van der Waals surface area contributed by atoms with Gasteiger partial charge in [-0.15, -0.1) is 0 Å². The molecule has 6 nitrogen and oxygen atoms in total. The molecular formula is C15H18F2N6S. The van der Waals surface area contributed by atoms with Gasteiger partial charge in [-0.25, -0.2) is 23.7 Å². The van der Waals surface area contributed by atoms with Crippen molar-refractivity contribution in [3.8, 4) is 0 Å². The van der Waals surface area contributed by atoms with Crippen LogP contribution in [0.4, 0.5) is 19.7 Å². The minimum atomic E-state index is -2.56. The molecule has 0 bridgehead atoms. The fourth-order valence-electron chi connectivity index (χ4n) is 2.81. The third-order valence-electron chi connectivity index (χ3n) is 4.31. The van der Waals surface area contributed by atoms with E-state index in [1.807, 2.05) is 6.92 Å². The summed E-state index contributed by atoms with van der Waals surface area (Å²) in [4.78, 5) is 17.2. The molecule has 1 aliphatic carbocycles. The molecule has 9 heteroatoms. The minimum Gasteiger partial charge on any atom is -0.353 e. The molecule has 24 heavy (non-hydrogen) atoms. The lowest BCUT2D eigenvalue weighted by molar-refractivity contribution is 0.145. The zero-order chi connectivity index (χ0) is 16.7. The van der Waals surface area contributed by atoms with Gasteiger partial charge in [0.2, 0.25) is 5.13 Å². The molecule has 2 aromatic heterocycles. The van der Waals surface area contributed by atoms with Crippen molar-refractivity contribution in [2.45, 2.75) is 32.1 Å². The zero-order valence-electron chi connectivity index (χ0n) is 13.3. The molecule has 3 heterocycles. The number of aryl methyl sites for hydroxylation is 1. The summed E-state index contributed by atoms with van der Waals surface area (Å²) in [5.41, 5.74) is -0.163. The molecule has 0 N–H and O–H groups in total. The molecule has 2 aromatic rings. The topological polar surface area (TPSA) is 58.0 Å². The van der Waals surface area contributed by atoms with Crippen LogP contribution in [0.5, 0.6) is 0 Å². The molecule has 0 amide bonds. The normalized spacial score (nSPS) is 18.5. The summed E-state index contributed by atoms with van der Waals surface area (Å²) in [5, 5.41) is 0.918. The summed E-state index contributed by atoms with van der Waals surface area (Å²) in [6.07, 6.45) is -0.568. The highest BCUT2D eigenvalue weighted by Gasteiger charge is 2.30. The Balaban J connectivity index is 1.50. The van der Waals surface area contributed by atoms with Gasteiger partial charge in [0.15, 0.2) is 0 Å². The van der Waals surface area contributed by atoms with E-state index in [2.05, 4.69) is 29.1 Å². The van der Waals surface area contributed by atoms with E-state index in [0.717, 1.165) is 50.0 Å². The fraction of sp³-hybridized carbons (Fsp3) is 0.600. The molecule has 1 aliphatic heterocycles. The van der Waals surface area contributed by atoms with Crippen LogP contribution in [0.15, 0.2) is 6.07 Å². The number of piperazine rings is 1. The first kappa shape index (κ1) is 15.6. The van der Waals surface area contributed by atoms with Crippen molar-refractivity contribution in [2.24, 2.45) is 0 Å². The molecule has 1 saturated heterocycles. The van der Waals surface area contributed by atoms with Crippen LogP contribution in [0, 0.1) is 6.92 Å². The van der Waals surface area contributed by atoms with E-state index in [9.17, 15) is 8.78 Å². The van der Waals surface area contributed by atoms with Crippen LogP contribution in [0.2, 0.25) is 0 Å². The Hall–Kier alpha value is -1.90. The van der Waals surface area contributed by atoms with Crippen LogP contribution < -0.4 is 9.80 Å². The molecule has 2 fully saturated rings. The molecule has 0 spiro atoms. The second kappa shape index (κ2) is 6.19.